The van der Waals surface area contributed by atoms with Gasteiger partial charge in [0.1, 0.15) is 10.8 Å². The zero-order chi connectivity index (χ0) is 21.5. The van der Waals surface area contributed by atoms with Crippen LogP contribution in [0.1, 0.15) is 44.1 Å². The van der Waals surface area contributed by atoms with Gasteiger partial charge in [-0.25, -0.2) is 0 Å². The molecule has 0 aromatic carbocycles. The van der Waals surface area contributed by atoms with E-state index in [0.29, 0.717) is 22.8 Å². The Bertz CT molecular complexity index is 1060. The quantitative estimate of drug-likeness (QED) is 0.796. The number of rotatable bonds is 4. The third-order valence-electron chi connectivity index (χ3n) is 5.27. The van der Waals surface area contributed by atoms with Crippen LogP contribution in [0.2, 0.25) is 5.02 Å². The molecule has 0 aliphatic carbocycles. The largest absolute Gasteiger partial charge is 0.506 e. The number of hydrogen-bond donors (Lipinski definition) is 2. The van der Waals surface area contributed by atoms with Crippen molar-refractivity contribution in [1.29, 1.82) is 0 Å². The van der Waals surface area contributed by atoms with E-state index in [1.54, 1.807) is 33.0 Å². The number of aryl methyl sites for hydroxylation is 2. The Kier molecular flexibility index (Phi) is 5.70. The first-order chi connectivity index (χ1) is 13.5. The molecule has 0 amide bonds. The summed E-state index contributed by atoms with van der Waals surface area (Å²) in [4.78, 5) is 22.0. The summed E-state index contributed by atoms with van der Waals surface area (Å²) in [5, 5.41) is 20.2. The first-order valence-electron chi connectivity index (χ1n) is 9.61. The van der Waals surface area contributed by atoms with Gasteiger partial charge in [0.15, 0.2) is 0 Å². The van der Waals surface area contributed by atoms with E-state index in [4.69, 9.17) is 16.6 Å². The maximum absolute atomic E-state index is 12.7. The standard InChI is InChI=1S/C22H26ClN3O3/c1-6-14-7-8-15(25-20(14)22(4,5)29)16-10-17(12(2)11-24-16)26-13(3)9-18(27)19(23)21(26)28/h7-11,14,20,27,29H,6H2,1-5H3. The van der Waals surface area contributed by atoms with Crippen molar-refractivity contribution in [2.45, 2.75) is 52.7 Å². The third kappa shape index (κ3) is 4.00. The number of aromatic nitrogens is 2. The number of allylic oxidation sites excluding steroid dienone is 1. The zero-order valence-electron chi connectivity index (χ0n) is 17.3. The topological polar surface area (TPSA) is 87.7 Å². The minimum Gasteiger partial charge on any atom is -0.506 e. The summed E-state index contributed by atoms with van der Waals surface area (Å²) in [5.41, 5.74) is 1.74. The highest BCUT2D eigenvalue weighted by molar-refractivity contribution is 6.31. The van der Waals surface area contributed by atoms with Gasteiger partial charge in [-0.05, 0) is 51.8 Å². The number of pyridine rings is 2. The molecular formula is C22H26ClN3O3. The molecule has 2 N–H and O–H groups in total. The SMILES string of the molecule is CCC1C=CC(c2cc(-n3c(C)cc(O)c(Cl)c3=O)c(C)cn2)=NC1C(C)(C)O. The average Bonchev–Trinajstić information content (AvgIpc) is 2.66. The Balaban J connectivity index is 2.15. The van der Waals surface area contributed by atoms with Gasteiger partial charge in [-0.1, -0.05) is 24.6 Å². The van der Waals surface area contributed by atoms with Crippen molar-refractivity contribution in [3.63, 3.8) is 0 Å². The summed E-state index contributed by atoms with van der Waals surface area (Å²) < 4.78 is 1.46. The molecule has 2 unspecified atom stereocenters. The summed E-state index contributed by atoms with van der Waals surface area (Å²) in [6.07, 6.45) is 6.52. The molecule has 0 saturated carbocycles. The maximum atomic E-state index is 12.7. The number of dihydropyridines is 1. The molecule has 29 heavy (non-hydrogen) atoms. The van der Waals surface area contributed by atoms with Gasteiger partial charge in [0.2, 0.25) is 0 Å². The fourth-order valence-electron chi connectivity index (χ4n) is 3.69. The molecule has 1 aliphatic rings. The molecule has 3 heterocycles. The van der Waals surface area contributed by atoms with E-state index in [1.165, 1.54) is 10.6 Å². The van der Waals surface area contributed by atoms with E-state index < -0.39 is 11.2 Å². The molecule has 2 aromatic heterocycles. The zero-order valence-corrected chi connectivity index (χ0v) is 18.0. The Labute approximate surface area is 175 Å². The second-order valence-corrected chi connectivity index (χ2v) is 8.40. The molecule has 0 radical (unpaired) electrons. The molecule has 0 fully saturated rings. The number of aromatic hydroxyl groups is 1. The van der Waals surface area contributed by atoms with Gasteiger partial charge in [-0.2, -0.15) is 0 Å². The van der Waals surface area contributed by atoms with Gasteiger partial charge < -0.3 is 10.2 Å². The van der Waals surface area contributed by atoms with E-state index in [-0.39, 0.29) is 22.7 Å². The molecular weight excluding hydrogens is 390 g/mol. The van der Waals surface area contributed by atoms with Crippen LogP contribution in [0.15, 0.2) is 40.3 Å². The summed E-state index contributed by atoms with van der Waals surface area (Å²) >= 11 is 5.99. The minimum atomic E-state index is -0.970. The molecule has 2 atom stereocenters. The molecule has 6 nitrogen and oxygen atoms in total. The fraction of sp³-hybridized carbons (Fsp3) is 0.409. The second-order valence-electron chi connectivity index (χ2n) is 8.03. The van der Waals surface area contributed by atoms with Crippen LogP contribution >= 0.6 is 11.6 Å². The van der Waals surface area contributed by atoms with Gasteiger partial charge in [0.25, 0.3) is 5.56 Å². The number of aliphatic imine (C=N–C) groups is 1. The van der Waals surface area contributed by atoms with Gasteiger partial charge >= 0.3 is 0 Å². The van der Waals surface area contributed by atoms with Crippen molar-refractivity contribution in [3.05, 3.63) is 62.8 Å². The van der Waals surface area contributed by atoms with Crippen molar-refractivity contribution < 1.29 is 10.2 Å². The van der Waals surface area contributed by atoms with E-state index in [0.717, 1.165) is 12.0 Å². The van der Waals surface area contributed by atoms with E-state index in [1.807, 2.05) is 13.0 Å². The van der Waals surface area contributed by atoms with Crippen LogP contribution in [0.5, 0.6) is 5.75 Å². The lowest BCUT2D eigenvalue weighted by Crippen LogP contribution is -2.41. The van der Waals surface area contributed by atoms with Gasteiger partial charge in [-0.3, -0.25) is 19.3 Å². The van der Waals surface area contributed by atoms with Crippen molar-refractivity contribution in [2.75, 3.05) is 0 Å². The molecule has 154 valence electrons. The molecule has 2 aromatic rings. The normalized spacial score (nSPS) is 19.3. The lowest BCUT2D eigenvalue weighted by atomic mass is 9.83. The van der Waals surface area contributed by atoms with Crippen LogP contribution < -0.4 is 5.56 Å². The number of halogens is 1. The van der Waals surface area contributed by atoms with Crippen molar-refractivity contribution in [3.8, 4) is 11.4 Å². The Morgan fingerprint density at radius 1 is 1.28 bits per heavy atom. The Morgan fingerprint density at radius 3 is 2.59 bits per heavy atom. The summed E-state index contributed by atoms with van der Waals surface area (Å²) in [7, 11) is 0. The predicted molar refractivity (Wildman–Crippen MR) is 116 cm³/mol. The van der Waals surface area contributed by atoms with Gasteiger partial charge in [-0.15, -0.1) is 0 Å². The van der Waals surface area contributed by atoms with Crippen LogP contribution in [0.3, 0.4) is 0 Å². The van der Waals surface area contributed by atoms with Crippen LogP contribution in [-0.2, 0) is 0 Å². The van der Waals surface area contributed by atoms with Crippen molar-refractivity contribution in [1.82, 2.24) is 9.55 Å². The second kappa shape index (κ2) is 7.76. The smallest absolute Gasteiger partial charge is 0.277 e. The number of hydrogen-bond acceptors (Lipinski definition) is 5. The van der Waals surface area contributed by atoms with E-state index in [2.05, 4.69) is 18.0 Å². The highest BCUT2D eigenvalue weighted by Gasteiger charge is 2.34. The van der Waals surface area contributed by atoms with Gasteiger partial charge in [0, 0.05) is 23.9 Å². The lowest BCUT2D eigenvalue weighted by Gasteiger charge is -2.33. The molecule has 3 rings (SSSR count). The maximum Gasteiger partial charge on any atom is 0.277 e. The summed E-state index contributed by atoms with van der Waals surface area (Å²) in [6.45, 7) is 9.17. The average molecular weight is 416 g/mol. The molecule has 0 saturated heterocycles. The van der Waals surface area contributed by atoms with Crippen LogP contribution in [-0.4, -0.2) is 37.1 Å². The van der Waals surface area contributed by atoms with Gasteiger partial charge in [0.05, 0.1) is 28.7 Å². The first-order valence-corrected chi connectivity index (χ1v) is 9.99. The molecule has 0 spiro atoms. The van der Waals surface area contributed by atoms with Crippen LogP contribution in [0.25, 0.3) is 5.69 Å². The third-order valence-corrected chi connectivity index (χ3v) is 5.63. The fourth-order valence-corrected chi connectivity index (χ4v) is 3.83. The number of aliphatic hydroxyl groups is 1. The highest BCUT2D eigenvalue weighted by atomic mass is 35.5. The number of nitrogens with zero attached hydrogens (tertiary/aromatic N) is 3. The van der Waals surface area contributed by atoms with Crippen LogP contribution in [0, 0.1) is 19.8 Å². The van der Waals surface area contributed by atoms with Crippen molar-refractivity contribution in [2.24, 2.45) is 10.9 Å². The Hall–Kier alpha value is -2.44. The predicted octanol–water partition coefficient (Wildman–Crippen LogP) is 3.73. The van der Waals surface area contributed by atoms with Crippen LogP contribution in [0.4, 0.5) is 0 Å². The minimum absolute atomic E-state index is 0.143. The lowest BCUT2D eigenvalue weighted by molar-refractivity contribution is 0.0376. The van der Waals surface area contributed by atoms with E-state index in [9.17, 15) is 15.0 Å². The monoisotopic (exact) mass is 415 g/mol. The molecule has 7 heteroatoms. The highest BCUT2D eigenvalue weighted by Crippen LogP contribution is 2.29. The summed E-state index contributed by atoms with van der Waals surface area (Å²) in [5.74, 6) is -0.0972. The summed E-state index contributed by atoms with van der Waals surface area (Å²) in [6, 6.07) is 2.96. The Morgan fingerprint density at radius 2 is 1.97 bits per heavy atom. The molecule has 1 aliphatic heterocycles. The first kappa shape index (κ1) is 21.3. The molecule has 0 bridgehead atoms. The van der Waals surface area contributed by atoms with E-state index >= 15 is 0 Å². The van der Waals surface area contributed by atoms with Crippen molar-refractivity contribution >= 4 is 17.3 Å².